The lowest BCUT2D eigenvalue weighted by Crippen LogP contribution is -2.58. The van der Waals surface area contributed by atoms with Crippen molar-refractivity contribution in [2.24, 2.45) is 5.41 Å². The summed E-state index contributed by atoms with van der Waals surface area (Å²) in [6, 6.07) is 23.7. The number of aromatic hydroxyl groups is 1. The van der Waals surface area contributed by atoms with Crippen molar-refractivity contribution >= 4 is 40.8 Å². The van der Waals surface area contributed by atoms with Gasteiger partial charge in [0.25, 0.3) is 0 Å². The first kappa shape index (κ1) is 51.9. The fourth-order valence-electron chi connectivity index (χ4n) is 8.01. The summed E-state index contributed by atoms with van der Waals surface area (Å²) in [7, 11) is 1.72. The van der Waals surface area contributed by atoms with Crippen LogP contribution in [0.1, 0.15) is 75.7 Å². The van der Waals surface area contributed by atoms with Gasteiger partial charge in [-0.2, -0.15) is 0 Å². The molecule has 6 rings (SSSR count). The molecule has 69 heavy (non-hydrogen) atoms. The molecule has 0 bridgehead atoms. The number of aryl methyl sites for hydroxylation is 1. The molecule has 1 saturated heterocycles. The van der Waals surface area contributed by atoms with Crippen LogP contribution in [-0.2, 0) is 28.7 Å². The van der Waals surface area contributed by atoms with Crippen LogP contribution in [0.3, 0.4) is 0 Å². The molecule has 18 heteroatoms. The zero-order valence-electron chi connectivity index (χ0n) is 40.1. The number of phenolic OH excluding ortho intramolecular Hbond substituents is 1. The van der Waals surface area contributed by atoms with E-state index in [2.05, 4.69) is 25.8 Å². The van der Waals surface area contributed by atoms with Crippen molar-refractivity contribution in [3.8, 4) is 33.2 Å². The maximum atomic E-state index is 14.1. The lowest BCUT2D eigenvalue weighted by atomic mass is 9.85. The number of likely N-dealkylation sites (tertiary alicyclic amines) is 1. The molecule has 0 spiro atoms. The number of nitrogens with one attached hydrogen (secondary N) is 2. The van der Waals surface area contributed by atoms with Crippen molar-refractivity contribution in [3.05, 3.63) is 107 Å². The molecule has 368 valence electrons. The standard InChI is InChI=1S/C51H64N8O9S/c1-32(34-16-18-36(19-17-34)46-33(2)53-31-69-46)54-49(64)41-26-38(60)29-59(41)50(65)47(51(3,4)5)55-44(62)20-22-66-24-25-67-23-21-45(63)58(6)28-37(35-12-8-7-9-13-35)30-68-43-27-40(56-57-48(43)52)39-14-10-11-15-42(39)61/h7-19,27,31-32,37-38,41,47,60-61H,20-26,28-30H2,1-6H3,(H2,52,57)(H,54,64)(H,55,62)/t32-,37?,38+,41-,47+/m0/s1. The molecule has 1 aliphatic rings. The maximum Gasteiger partial charge on any atom is 0.246 e. The predicted molar refractivity (Wildman–Crippen MR) is 263 cm³/mol. The Kier molecular flexibility index (Phi) is 18.2. The van der Waals surface area contributed by atoms with Crippen LogP contribution in [0.4, 0.5) is 5.82 Å². The minimum atomic E-state index is -0.970. The third kappa shape index (κ3) is 14.3. The Morgan fingerprint density at radius 1 is 0.913 bits per heavy atom. The van der Waals surface area contributed by atoms with Gasteiger partial charge in [0.05, 0.1) is 67.7 Å². The number of β-amino-alcohol motifs (C(OH)–C–C–N with tert-alkyl or cyclic N) is 1. The predicted octanol–water partition coefficient (Wildman–Crippen LogP) is 5.67. The largest absolute Gasteiger partial charge is 0.507 e. The molecule has 5 aromatic rings. The van der Waals surface area contributed by atoms with Crippen LogP contribution in [0.15, 0.2) is 90.4 Å². The molecule has 5 atom stereocenters. The van der Waals surface area contributed by atoms with Gasteiger partial charge in [-0.1, -0.05) is 87.5 Å². The number of para-hydroxylation sites is 1. The van der Waals surface area contributed by atoms with Gasteiger partial charge in [0, 0.05) is 50.5 Å². The molecule has 3 aromatic carbocycles. The van der Waals surface area contributed by atoms with Gasteiger partial charge in [0.15, 0.2) is 11.6 Å². The third-order valence-electron chi connectivity index (χ3n) is 12.0. The quantitative estimate of drug-likeness (QED) is 0.0528. The molecule has 1 aliphatic heterocycles. The maximum absolute atomic E-state index is 14.1. The van der Waals surface area contributed by atoms with Crippen LogP contribution in [0.2, 0.25) is 0 Å². The van der Waals surface area contributed by atoms with Gasteiger partial charge >= 0.3 is 0 Å². The van der Waals surface area contributed by atoms with E-state index in [9.17, 15) is 29.4 Å². The molecule has 3 heterocycles. The van der Waals surface area contributed by atoms with E-state index in [1.165, 1.54) is 4.90 Å². The number of nitrogen functional groups attached to an aromatic ring is 1. The van der Waals surface area contributed by atoms with Crippen LogP contribution in [-0.4, -0.2) is 130 Å². The van der Waals surface area contributed by atoms with Crippen molar-refractivity contribution < 1.29 is 43.6 Å². The van der Waals surface area contributed by atoms with Gasteiger partial charge < -0.3 is 50.6 Å². The highest BCUT2D eigenvalue weighted by atomic mass is 32.1. The van der Waals surface area contributed by atoms with Crippen molar-refractivity contribution in [2.75, 3.05) is 58.9 Å². The number of hydrogen-bond acceptors (Lipinski definition) is 14. The number of rotatable bonds is 22. The first-order valence-electron chi connectivity index (χ1n) is 23.1. The van der Waals surface area contributed by atoms with Gasteiger partial charge in [-0.3, -0.25) is 19.2 Å². The average Bonchev–Trinajstić information content (AvgIpc) is 3.95. The molecule has 0 saturated carbocycles. The number of aliphatic hydroxyl groups is 1. The molecule has 6 N–H and O–H groups in total. The van der Waals surface area contributed by atoms with E-state index >= 15 is 0 Å². The fourth-order valence-corrected chi connectivity index (χ4v) is 8.82. The molecule has 1 unspecified atom stereocenters. The Labute approximate surface area is 407 Å². The van der Waals surface area contributed by atoms with Crippen molar-refractivity contribution in [3.63, 3.8) is 0 Å². The van der Waals surface area contributed by atoms with Crippen LogP contribution in [0.25, 0.3) is 21.7 Å². The second-order valence-corrected chi connectivity index (χ2v) is 19.2. The van der Waals surface area contributed by atoms with Crippen LogP contribution in [0, 0.1) is 12.3 Å². The van der Waals surface area contributed by atoms with Gasteiger partial charge in [-0.05, 0) is 48.1 Å². The smallest absolute Gasteiger partial charge is 0.246 e. The number of benzene rings is 3. The summed E-state index contributed by atoms with van der Waals surface area (Å²) in [5, 5.41) is 35.0. The number of hydrogen-bond donors (Lipinski definition) is 5. The average molecular weight is 965 g/mol. The Morgan fingerprint density at radius 3 is 2.26 bits per heavy atom. The Morgan fingerprint density at radius 2 is 1.59 bits per heavy atom. The molecule has 0 aliphatic carbocycles. The van der Waals surface area contributed by atoms with Gasteiger partial charge in [-0.15, -0.1) is 21.5 Å². The van der Waals surface area contributed by atoms with E-state index in [4.69, 9.17) is 19.9 Å². The number of nitrogens with two attached hydrogens (primary N) is 1. The minimum Gasteiger partial charge on any atom is -0.507 e. The number of ether oxygens (including phenoxy) is 3. The van der Waals surface area contributed by atoms with E-state index in [0.717, 1.165) is 27.3 Å². The van der Waals surface area contributed by atoms with E-state index in [0.29, 0.717) is 23.6 Å². The van der Waals surface area contributed by atoms with Crippen molar-refractivity contribution in [2.45, 2.75) is 84.0 Å². The summed E-state index contributed by atoms with van der Waals surface area (Å²) in [6.45, 7) is 10.4. The van der Waals surface area contributed by atoms with Crippen molar-refractivity contribution in [1.82, 2.24) is 35.6 Å². The third-order valence-corrected chi connectivity index (χ3v) is 12.9. The summed E-state index contributed by atoms with van der Waals surface area (Å²) < 4.78 is 17.5. The summed E-state index contributed by atoms with van der Waals surface area (Å²) >= 11 is 1.57. The summed E-state index contributed by atoms with van der Waals surface area (Å²) in [6.07, 6.45) is -0.706. The first-order valence-corrected chi connectivity index (χ1v) is 24.0. The monoisotopic (exact) mass is 964 g/mol. The number of carbonyl (C=O) groups excluding carboxylic acids is 4. The molecule has 17 nitrogen and oxygen atoms in total. The number of nitrogens with zero attached hydrogens (tertiary/aromatic N) is 5. The second kappa shape index (κ2) is 24.2. The lowest BCUT2D eigenvalue weighted by molar-refractivity contribution is -0.144. The Hall–Kier alpha value is -6.47. The molecule has 0 radical (unpaired) electrons. The van der Waals surface area contributed by atoms with E-state index in [1.54, 1.807) is 53.6 Å². The normalized spacial score (nSPS) is 16.1. The highest BCUT2D eigenvalue weighted by Gasteiger charge is 2.44. The molecule has 1 fully saturated rings. The van der Waals surface area contributed by atoms with E-state index in [1.807, 2.05) is 94.7 Å². The molecule has 2 aromatic heterocycles. The van der Waals surface area contributed by atoms with Gasteiger partial charge in [-0.25, -0.2) is 4.98 Å². The SMILES string of the molecule is Cc1ncsc1-c1ccc([C@H](C)NC(=O)[C@@H]2C[C@@H](O)CN2C(=O)[C@@H](NC(=O)CCOCCOCCC(=O)N(C)CC(COc2cc(-c3ccccc3O)nnc2N)c2ccccc2)C(C)(C)C)cc1. The Bertz CT molecular complexity index is 2500. The summed E-state index contributed by atoms with van der Waals surface area (Å²) in [5.41, 5.74) is 12.0. The highest BCUT2D eigenvalue weighted by Crippen LogP contribution is 2.33. The summed E-state index contributed by atoms with van der Waals surface area (Å²) in [4.78, 5) is 62.5. The van der Waals surface area contributed by atoms with Crippen LogP contribution >= 0.6 is 11.3 Å². The number of anilines is 1. The number of aliphatic hydroxyl groups excluding tert-OH is 1. The first-order chi connectivity index (χ1) is 33.0. The second-order valence-electron chi connectivity index (χ2n) is 18.3. The zero-order chi connectivity index (χ0) is 49.7. The number of amides is 4. The topological polar surface area (TPSA) is 232 Å². The van der Waals surface area contributed by atoms with Gasteiger partial charge in [0.2, 0.25) is 23.6 Å². The Balaban J connectivity index is 0.910. The van der Waals surface area contributed by atoms with E-state index < -0.39 is 35.4 Å². The number of thiazole rings is 1. The number of phenols is 1. The zero-order valence-corrected chi connectivity index (χ0v) is 40.9. The summed E-state index contributed by atoms with van der Waals surface area (Å²) in [5.74, 6) is -1.12. The number of carbonyl (C=O) groups is 4. The molecular formula is C51H64N8O9S. The van der Waals surface area contributed by atoms with Gasteiger partial charge in [0.1, 0.15) is 23.5 Å². The number of aromatic nitrogens is 3. The minimum absolute atomic E-state index is 0.0249. The lowest BCUT2D eigenvalue weighted by Gasteiger charge is -2.35. The fraction of sp³-hybridized carbons (Fsp3) is 0.431. The van der Waals surface area contributed by atoms with E-state index in [-0.39, 0.29) is 94.2 Å². The van der Waals surface area contributed by atoms with Crippen molar-refractivity contribution in [1.29, 1.82) is 0 Å². The highest BCUT2D eigenvalue weighted by molar-refractivity contribution is 7.13. The molecule has 4 amide bonds. The van der Waals surface area contributed by atoms with Crippen LogP contribution in [0.5, 0.6) is 11.5 Å². The molecular weight excluding hydrogens is 901 g/mol. The van der Waals surface area contributed by atoms with Crippen LogP contribution < -0.4 is 21.1 Å². The number of likely N-dealkylation sites (N-methyl/N-ethyl adjacent to an activating group) is 1.